The maximum Gasteiger partial charge on any atom is 0.303 e. The Morgan fingerprint density at radius 2 is 1.83 bits per heavy atom. The summed E-state index contributed by atoms with van der Waals surface area (Å²) in [5.74, 6) is 1.86. The highest BCUT2D eigenvalue weighted by Crippen LogP contribution is 2.69. The van der Waals surface area contributed by atoms with E-state index < -0.39 is 5.97 Å². The lowest BCUT2D eigenvalue weighted by Gasteiger charge is -2.64. The van der Waals surface area contributed by atoms with E-state index in [2.05, 4.69) is 20.8 Å². The Bertz CT molecular complexity index is 640. The Morgan fingerprint density at radius 3 is 2.52 bits per heavy atom. The molecule has 0 saturated heterocycles. The molecule has 0 bridgehead atoms. The largest absolute Gasteiger partial charge is 0.481 e. The summed E-state index contributed by atoms with van der Waals surface area (Å²) in [5.41, 5.74) is 0.277. The molecular formula is C24H40O4S. The van der Waals surface area contributed by atoms with Crippen molar-refractivity contribution in [3.05, 3.63) is 0 Å². The van der Waals surface area contributed by atoms with Crippen molar-refractivity contribution in [3.63, 3.8) is 0 Å². The Kier molecular flexibility index (Phi) is 5.83. The summed E-state index contributed by atoms with van der Waals surface area (Å²) in [6.07, 6.45) is 7.43. The van der Waals surface area contributed by atoms with Gasteiger partial charge in [-0.25, -0.2) is 0 Å². The van der Waals surface area contributed by atoms with Crippen LogP contribution in [0.3, 0.4) is 0 Å². The second-order valence-corrected chi connectivity index (χ2v) is 12.1. The minimum absolute atomic E-state index is 0.0700. The molecule has 4 fully saturated rings. The molecule has 0 amide bonds. The molecule has 166 valence electrons. The molecule has 4 aliphatic rings. The van der Waals surface area contributed by atoms with Gasteiger partial charge in [0.15, 0.2) is 0 Å². The average molecular weight is 425 g/mol. The molecule has 3 N–H and O–H groups in total. The number of thiol groups is 1. The van der Waals surface area contributed by atoms with Gasteiger partial charge in [0, 0.05) is 11.7 Å². The van der Waals surface area contributed by atoms with Gasteiger partial charge in [0.05, 0.1) is 12.2 Å². The fourth-order valence-electron chi connectivity index (χ4n) is 8.68. The molecule has 0 heterocycles. The van der Waals surface area contributed by atoms with E-state index in [-0.39, 0.29) is 29.5 Å². The molecular weight excluding hydrogens is 384 g/mol. The third kappa shape index (κ3) is 3.38. The second-order valence-electron chi connectivity index (χ2n) is 11.4. The Morgan fingerprint density at radius 1 is 1.10 bits per heavy atom. The van der Waals surface area contributed by atoms with Crippen LogP contribution in [0.25, 0.3) is 0 Å². The van der Waals surface area contributed by atoms with Gasteiger partial charge in [-0.15, -0.1) is 0 Å². The third-order valence-corrected chi connectivity index (χ3v) is 11.1. The number of hydrogen-bond acceptors (Lipinski definition) is 4. The Labute approximate surface area is 181 Å². The van der Waals surface area contributed by atoms with E-state index in [4.69, 9.17) is 17.7 Å². The van der Waals surface area contributed by atoms with Crippen molar-refractivity contribution in [3.8, 4) is 0 Å². The summed E-state index contributed by atoms with van der Waals surface area (Å²) in [4.78, 5) is 11.1. The van der Waals surface area contributed by atoms with E-state index in [1.54, 1.807) is 0 Å². The van der Waals surface area contributed by atoms with Crippen molar-refractivity contribution in [1.29, 1.82) is 0 Å². The van der Waals surface area contributed by atoms with Gasteiger partial charge in [0.1, 0.15) is 0 Å². The van der Waals surface area contributed by atoms with Crippen molar-refractivity contribution in [2.45, 2.75) is 96.0 Å². The lowest BCUT2D eigenvalue weighted by Crippen LogP contribution is -2.61. The number of aliphatic hydroxyl groups is 2. The van der Waals surface area contributed by atoms with Crippen LogP contribution in [0.4, 0.5) is 0 Å². The van der Waals surface area contributed by atoms with E-state index in [0.717, 1.165) is 51.4 Å². The highest BCUT2D eigenvalue weighted by atomic mass is 32.1. The minimum atomic E-state index is -0.705. The van der Waals surface area contributed by atoms with E-state index in [9.17, 15) is 15.0 Å². The topological polar surface area (TPSA) is 77.8 Å². The summed E-state index contributed by atoms with van der Waals surface area (Å²) < 4.78 is 0. The number of carbonyl (C=O) groups is 1. The number of fused-ring (bicyclic) bond motifs is 5. The third-order valence-electron chi connectivity index (χ3n) is 10.3. The standard InChI is InChI=1S/C24H40O4S/c1-13(4-7-21(27)28)16-5-6-17-22-18(12-20(29)24(16,17)3)23(2)9-8-15(25)10-14(23)11-19(22)26/h13-20,22,25-26,29H,4-12H2,1-3H3,(H,27,28)/t13-,14+,15-,16-,17+,18+,19-,20-,22+,23+,24-/m1/s1. The maximum absolute atomic E-state index is 11.3. The normalized spacial score (nSPS) is 52.9. The van der Waals surface area contributed by atoms with Gasteiger partial charge < -0.3 is 15.3 Å². The first-order chi connectivity index (χ1) is 13.6. The van der Waals surface area contributed by atoms with Crippen LogP contribution in [-0.4, -0.2) is 38.7 Å². The van der Waals surface area contributed by atoms with E-state index in [0.29, 0.717) is 40.8 Å². The van der Waals surface area contributed by atoms with E-state index >= 15 is 0 Å². The predicted molar refractivity (Wildman–Crippen MR) is 117 cm³/mol. The summed E-state index contributed by atoms with van der Waals surface area (Å²) in [6, 6.07) is 0. The van der Waals surface area contributed by atoms with Crippen LogP contribution in [0.1, 0.15) is 78.6 Å². The lowest BCUT2D eigenvalue weighted by atomic mass is 9.43. The first-order valence-electron chi connectivity index (χ1n) is 11.8. The summed E-state index contributed by atoms with van der Waals surface area (Å²) in [6.45, 7) is 7.05. The summed E-state index contributed by atoms with van der Waals surface area (Å²) in [7, 11) is 0. The molecule has 0 spiro atoms. The van der Waals surface area contributed by atoms with Gasteiger partial charge in [-0.3, -0.25) is 4.79 Å². The van der Waals surface area contributed by atoms with Gasteiger partial charge in [-0.2, -0.15) is 12.6 Å². The van der Waals surface area contributed by atoms with Gasteiger partial charge in [0.25, 0.3) is 0 Å². The lowest BCUT2D eigenvalue weighted by molar-refractivity contribution is -0.172. The highest BCUT2D eigenvalue weighted by Gasteiger charge is 2.65. The highest BCUT2D eigenvalue weighted by molar-refractivity contribution is 7.81. The van der Waals surface area contributed by atoms with Gasteiger partial charge >= 0.3 is 5.97 Å². The van der Waals surface area contributed by atoms with Gasteiger partial charge in [0.2, 0.25) is 0 Å². The molecule has 0 unspecified atom stereocenters. The molecule has 11 atom stereocenters. The molecule has 4 saturated carbocycles. The molecule has 0 radical (unpaired) electrons. The van der Waals surface area contributed by atoms with Crippen molar-refractivity contribution in [1.82, 2.24) is 0 Å². The summed E-state index contributed by atoms with van der Waals surface area (Å²) >= 11 is 5.19. The van der Waals surface area contributed by atoms with Crippen molar-refractivity contribution in [2.75, 3.05) is 0 Å². The fraction of sp³-hybridized carbons (Fsp3) is 0.958. The van der Waals surface area contributed by atoms with Crippen LogP contribution in [0.15, 0.2) is 0 Å². The predicted octanol–water partition coefficient (Wildman–Crippen LogP) is 4.39. The number of rotatable bonds is 4. The van der Waals surface area contributed by atoms with Crippen LogP contribution in [0.5, 0.6) is 0 Å². The molecule has 5 heteroatoms. The first kappa shape index (κ1) is 22.0. The Balaban J connectivity index is 1.61. The van der Waals surface area contributed by atoms with Crippen molar-refractivity contribution < 1.29 is 20.1 Å². The number of hydrogen-bond donors (Lipinski definition) is 4. The first-order valence-corrected chi connectivity index (χ1v) is 12.4. The van der Waals surface area contributed by atoms with Crippen LogP contribution >= 0.6 is 12.6 Å². The monoisotopic (exact) mass is 424 g/mol. The maximum atomic E-state index is 11.3. The second kappa shape index (κ2) is 7.70. The number of carboxylic acid groups (broad SMARTS) is 1. The molecule has 0 aromatic heterocycles. The zero-order chi connectivity index (χ0) is 21.1. The molecule has 4 nitrogen and oxygen atoms in total. The molecule has 0 aliphatic heterocycles. The molecule has 29 heavy (non-hydrogen) atoms. The van der Waals surface area contributed by atoms with Crippen molar-refractivity contribution in [2.24, 2.45) is 46.3 Å². The SMILES string of the molecule is C[C@H](CCC(=O)O)[C@H]1CC[C@H]2[C@@H]3[C@H](O)C[C@@H]4C[C@H](O)CC[C@]4(C)[C@H]3C[C@@H](S)[C@]12C. The van der Waals surface area contributed by atoms with E-state index in [1.807, 2.05) is 0 Å². The van der Waals surface area contributed by atoms with E-state index in [1.165, 1.54) is 0 Å². The van der Waals surface area contributed by atoms with Crippen LogP contribution < -0.4 is 0 Å². The number of aliphatic carboxylic acids is 1. The van der Waals surface area contributed by atoms with Crippen LogP contribution in [0, 0.1) is 46.3 Å². The molecule has 0 aromatic rings. The van der Waals surface area contributed by atoms with Crippen LogP contribution in [0.2, 0.25) is 0 Å². The number of carboxylic acids is 1. The molecule has 0 aromatic carbocycles. The fourth-order valence-corrected chi connectivity index (χ4v) is 9.29. The molecule has 4 aliphatic carbocycles. The Hall–Kier alpha value is -0.260. The minimum Gasteiger partial charge on any atom is -0.481 e. The van der Waals surface area contributed by atoms with Gasteiger partial charge in [-0.1, -0.05) is 20.8 Å². The number of aliphatic hydroxyl groups excluding tert-OH is 2. The van der Waals surface area contributed by atoms with Crippen LogP contribution in [-0.2, 0) is 4.79 Å². The zero-order valence-electron chi connectivity index (χ0n) is 18.3. The average Bonchev–Trinajstić information content (AvgIpc) is 3.01. The quantitative estimate of drug-likeness (QED) is 0.505. The summed E-state index contributed by atoms with van der Waals surface area (Å²) in [5, 5.41) is 31.0. The molecule has 4 rings (SSSR count). The zero-order valence-corrected chi connectivity index (χ0v) is 19.2. The smallest absolute Gasteiger partial charge is 0.303 e. The van der Waals surface area contributed by atoms with Crippen molar-refractivity contribution >= 4 is 18.6 Å². The van der Waals surface area contributed by atoms with Gasteiger partial charge in [-0.05, 0) is 97.7 Å².